The maximum Gasteiger partial charge on any atom is 0.416 e. The molecule has 1 amide bonds. The number of nitrogens with one attached hydrogen (secondary N) is 1. The highest BCUT2D eigenvalue weighted by Gasteiger charge is 2.44. The summed E-state index contributed by atoms with van der Waals surface area (Å²) in [5.41, 5.74) is 0.813. The van der Waals surface area contributed by atoms with E-state index in [4.69, 9.17) is 0 Å². The highest BCUT2D eigenvalue weighted by Crippen LogP contribution is 2.48. The quantitative estimate of drug-likeness (QED) is 0.819. The summed E-state index contributed by atoms with van der Waals surface area (Å²) >= 11 is 0. The molecule has 2 atom stereocenters. The van der Waals surface area contributed by atoms with Crippen LogP contribution < -0.4 is 5.32 Å². The summed E-state index contributed by atoms with van der Waals surface area (Å²) in [6, 6.07) is 11.7. The Hall–Kier alpha value is -2.63. The van der Waals surface area contributed by atoms with Gasteiger partial charge in [0.2, 0.25) is 5.91 Å². The Labute approximate surface area is 142 Å². The third-order valence-electron chi connectivity index (χ3n) is 4.31. The fourth-order valence-corrected chi connectivity index (χ4v) is 2.85. The molecule has 0 aromatic heterocycles. The molecule has 130 valence electrons. The molecule has 2 aromatic rings. The average molecular weight is 347 g/mol. The molecule has 0 saturated heterocycles. The third-order valence-corrected chi connectivity index (χ3v) is 4.31. The van der Waals surface area contributed by atoms with Crippen molar-refractivity contribution in [2.75, 3.05) is 5.32 Å². The van der Waals surface area contributed by atoms with E-state index in [2.05, 4.69) is 5.32 Å². The van der Waals surface area contributed by atoms with Gasteiger partial charge in [-0.3, -0.25) is 9.59 Å². The van der Waals surface area contributed by atoms with E-state index in [1.807, 2.05) is 0 Å². The minimum absolute atomic E-state index is 0.107. The molecule has 0 unspecified atom stereocenters. The van der Waals surface area contributed by atoms with Crippen molar-refractivity contribution in [2.45, 2.75) is 25.4 Å². The Kier molecular flexibility index (Phi) is 4.37. The number of alkyl halides is 3. The number of amides is 1. The molecule has 25 heavy (non-hydrogen) atoms. The topological polar surface area (TPSA) is 46.2 Å². The largest absolute Gasteiger partial charge is 0.416 e. The number of Topliss-reactive ketones (excluding diaryl/α,β-unsaturated/α-hetero) is 1. The van der Waals surface area contributed by atoms with Gasteiger partial charge in [0.25, 0.3) is 0 Å². The molecule has 3 rings (SSSR count). The molecule has 1 fully saturated rings. The van der Waals surface area contributed by atoms with Gasteiger partial charge < -0.3 is 5.32 Å². The van der Waals surface area contributed by atoms with Gasteiger partial charge >= 0.3 is 6.18 Å². The first kappa shape index (κ1) is 17.2. The molecule has 0 aliphatic heterocycles. The van der Waals surface area contributed by atoms with Gasteiger partial charge in [0.05, 0.1) is 5.56 Å². The van der Waals surface area contributed by atoms with Crippen molar-refractivity contribution in [1.82, 2.24) is 0 Å². The van der Waals surface area contributed by atoms with Crippen LogP contribution in [0.25, 0.3) is 0 Å². The molecule has 6 heteroatoms. The van der Waals surface area contributed by atoms with Gasteiger partial charge in [0.1, 0.15) is 0 Å². The van der Waals surface area contributed by atoms with Crippen LogP contribution in [0.4, 0.5) is 18.9 Å². The Bertz CT molecular complexity index is 829. The summed E-state index contributed by atoms with van der Waals surface area (Å²) in [5.74, 6) is -0.921. The second-order valence-corrected chi connectivity index (χ2v) is 6.20. The smallest absolute Gasteiger partial charge is 0.326 e. The monoisotopic (exact) mass is 347 g/mol. The Balaban J connectivity index is 1.68. The van der Waals surface area contributed by atoms with Crippen LogP contribution >= 0.6 is 0 Å². The van der Waals surface area contributed by atoms with E-state index in [0.29, 0.717) is 23.2 Å². The van der Waals surface area contributed by atoms with Gasteiger partial charge in [-0.2, -0.15) is 13.2 Å². The Morgan fingerprint density at radius 3 is 2.48 bits per heavy atom. The summed E-state index contributed by atoms with van der Waals surface area (Å²) < 4.78 is 38.4. The van der Waals surface area contributed by atoms with Crippen molar-refractivity contribution in [2.24, 2.45) is 5.92 Å². The van der Waals surface area contributed by atoms with Crippen LogP contribution in [0.2, 0.25) is 0 Å². The van der Waals surface area contributed by atoms with Crippen molar-refractivity contribution in [1.29, 1.82) is 0 Å². The number of ketones is 1. The fourth-order valence-electron chi connectivity index (χ4n) is 2.85. The number of hydrogen-bond donors (Lipinski definition) is 1. The fraction of sp³-hybridized carbons (Fsp3) is 0.263. The first-order valence-corrected chi connectivity index (χ1v) is 7.85. The molecule has 1 aliphatic rings. The van der Waals surface area contributed by atoms with Crippen molar-refractivity contribution in [3.8, 4) is 0 Å². The highest BCUT2D eigenvalue weighted by atomic mass is 19.4. The lowest BCUT2D eigenvalue weighted by molar-refractivity contribution is -0.137. The van der Waals surface area contributed by atoms with Crippen LogP contribution in [0.5, 0.6) is 0 Å². The van der Waals surface area contributed by atoms with E-state index in [0.717, 1.165) is 12.1 Å². The second kappa shape index (κ2) is 6.35. The zero-order valence-corrected chi connectivity index (χ0v) is 13.4. The van der Waals surface area contributed by atoms with Gasteiger partial charge in [-0.05, 0) is 43.0 Å². The molecule has 3 nitrogen and oxygen atoms in total. The average Bonchev–Trinajstić information content (AvgIpc) is 3.35. The summed E-state index contributed by atoms with van der Waals surface area (Å²) in [4.78, 5) is 23.7. The molecular weight excluding hydrogens is 331 g/mol. The van der Waals surface area contributed by atoms with Crippen LogP contribution in [0, 0.1) is 5.92 Å². The summed E-state index contributed by atoms with van der Waals surface area (Å²) in [7, 11) is 0. The molecule has 0 heterocycles. The van der Waals surface area contributed by atoms with Crippen LogP contribution in [-0.4, -0.2) is 11.7 Å². The first-order chi connectivity index (χ1) is 11.8. The van der Waals surface area contributed by atoms with Gasteiger partial charge in [0, 0.05) is 17.2 Å². The second-order valence-electron chi connectivity index (χ2n) is 6.20. The Morgan fingerprint density at radius 2 is 1.80 bits per heavy atom. The van der Waals surface area contributed by atoms with E-state index >= 15 is 0 Å². The predicted octanol–water partition coefficient (Wildman–Crippen LogP) is 4.65. The van der Waals surface area contributed by atoms with Crippen molar-refractivity contribution < 1.29 is 22.8 Å². The number of anilines is 1. The van der Waals surface area contributed by atoms with E-state index < -0.39 is 11.7 Å². The number of benzene rings is 2. The van der Waals surface area contributed by atoms with Gasteiger partial charge in [0.15, 0.2) is 5.78 Å². The number of halogens is 3. The van der Waals surface area contributed by atoms with E-state index in [9.17, 15) is 22.8 Å². The maximum atomic E-state index is 12.8. The minimum atomic E-state index is -4.39. The third kappa shape index (κ3) is 3.90. The molecule has 1 saturated carbocycles. The molecule has 0 spiro atoms. The van der Waals surface area contributed by atoms with Crippen LogP contribution in [0.1, 0.15) is 40.7 Å². The molecular formula is C19H16F3NO2. The summed E-state index contributed by atoms with van der Waals surface area (Å²) in [6.07, 6.45) is -3.88. The number of rotatable bonds is 4. The molecule has 0 bridgehead atoms. The predicted molar refractivity (Wildman–Crippen MR) is 87.4 cm³/mol. The SMILES string of the molecule is CC(=O)c1cccc(NC(=O)[C@H]2C[C@@H]2c2cccc(C(F)(F)F)c2)c1. The van der Waals surface area contributed by atoms with Crippen LogP contribution in [0.3, 0.4) is 0 Å². The zero-order valence-electron chi connectivity index (χ0n) is 13.4. The molecule has 2 aromatic carbocycles. The van der Waals surface area contributed by atoms with E-state index in [1.54, 1.807) is 30.3 Å². The van der Waals surface area contributed by atoms with Crippen LogP contribution in [-0.2, 0) is 11.0 Å². The van der Waals surface area contributed by atoms with Crippen molar-refractivity contribution in [3.63, 3.8) is 0 Å². The summed E-state index contributed by atoms with van der Waals surface area (Å²) in [6.45, 7) is 1.44. The number of carbonyl (C=O) groups excluding carboxylic acids is 2. The summed E-state index contributed by atoms with van der Waals surface area (Å²) in [5, 5.41) is 2.73. The molecule has 1 N–H and O–H groups in total. The molecule has 0 radical (unpaired) electrons. The van der Waals surface area contributed by atoms with E-state index in [-0.39, 0.29) is 23.5 Å². The first-order valence-electron chi connectivity index (χ1n) is 7.85. The van der Waals surface area contributed by atoms with Gasteiger partial charge in [-0.1, -0.05) is 30.3 Å². The lowest BCUT2D eigenvalue weighted by atomic mass is 10.1. The lowest BCUT2D eigenvalue weighted by Crippen LogP contribution is -2.15. The lowest BCUT2D eigenvalue weighted by Gasteiger charge is -2.09. The van der Waals surface area contributed by atoms with Crippen molar-refractivity contribution in [3.05, 3.63) is 65.2 Å². The maximum absolute atomic E-state index is 12.8. The minimum Gasteiger partial charge on any atom is -0.326 e. The Morgan fingerprint density at radius 1 is 1.08 bits per heavy atom. The van der Waals surface area contributed by atoms with Gasteiger partial charge in [-0.25, -0.2) is 0 Å². The normalized spacial score (nSPS) is 19.4. The highest BCUT2D eigenvalue weighted by molar-refractivity contribution is 5.98. The number of hydrogen-bond acceptors (Lipinski definition) is 2. The van der Waals surface area contributed by atoms with Gasteiger partial charge in [-0.15, -0.1) is 0 Å². The number of carbonyl (C=O) groups is 2. The molecule has 1 aliphatic carbocycles. The zero-order chi connectivity index (χ0) is 18.2. The van der Waals surface area contributed by atoms with Crippen LogP contribution in [0.15, 0.2) is 48.5 Å². The van der Waals surface area contributed by atoms with E-state index in [1.165, 1.54) is 13.0 Å². The standard InChI is InChI=1S/C19H16F3NO2/c1-11(24)12-4-3-7-15(9-12)23-18(25)17-10-16(17)13-5-2-6-14(8-13)19(20,21)22/h2-9,16-17H,10H2,1H3,(H,23,25)/t16-,17+/m1/s1. The van der Waals surface area contributed by atoms with Crippen molar-refractivity contribution >= 4 is 17.4 Å².